The Bertz CT molecular complexity index is 444. The van der Waals surface area contributed by atoms with E-state index in [0.717, 1.165) is 23.3 Å². The highest BCUT2D eigenvalue weighted by Crippen LogP contribution is 2.20. The van der Waals surface area contributed by atoms with Crippen LogP contribution in [0.5, 0.6) is 0 Å². The van der Waals surface area contributed by atoms with Crippen LogP contribution in [0.1, 0.15) is 32.4 Å². The van der Waals surface area contributed by atoms with Gasteiger partial charge in [-0.3, -0.25) is 0 Å². The van der Waals surface area contributed by atoms with Crippen molar-refractivity contribution in [1.29, 1.82) is 0 Å². The highest BCUT2D eigenvalue weighted by Gasteiger charge is 2.10. The van der Waals surface area contributed by atoms with Crippen LogP contribution in [0.3, 0.4) is 0 Å². The summed E-state index contributed by atoms with van der Waals surface area (Å²) in [6.07, 6.45) is 3.47. The fourth-order valence-electron chi connectivity index (χ4n) is 1.60. The Morgan fingerprint density at radius 2 is 2.14 bits per heavy atom. The molecule has 2 rings (SSSR count). The van der Waals surface area contributed by atoms with E-state index in [1.54, 1.807) is 6.33 Å². The molecule has 4 nitrogen and oxygen atoms in total. The van der Waals surface area contributed by atoms with Crippen LogP contribution in [0.15, 0.2) is 12.5 Å². The van der Waals surface area contributed by atoms with Gasteiger partial charge in [-0.2, -0.15) is 5.10 Å². The quantitative estimate of drug-likeness (QED) is 0.727. The summed E-state index contributed by atoms with van der Waals surface area (Å²) < 4.78 is 1.89. The molecule has 0 amide bonds. The predicted molar refractivity (Wildman–Crippen MR) is 55.1 cm³/mol. The summed E-state index contributed by atoms with van der Waals surface area (Å²) in [5.41, 5.74) is 2.01. The molecule has 74 valence electrons. The molecule has 0 unspecified atom stereocenters. The Kier molecular flexibility index (Phi) is 2.19. The molecule has 0 atom stereocenters. The SMILES string of the molecule is CCn1ncc2c(C(C)C)ncnc21. The Balaban J connectivity index is 2.70. The molecule has 0 radical (unpaired) electrons. The summed E-state index contributed by atoms with van der Waals surface area (Å²) in [7, 11) is 0. The maximum absolute atomic E-state index is 4.29. The van der Waals surface area contributed by atoms with Gasteiger partial charge in [0, 0.05) is 6.54 Å². The van der Waals surface area contributed by atoms with Gasteiger partial charge in [-0.05, 0) is 12.8 Å². The van der Waals surface area contributed by atoms with Gasteiger partial charge >= 0.3 is 0 Å². The fraction of sp³-hybridized carbons (Fsp3) is 0.500. The van der Waals surface area contributed by atoms with Crippen LogP contribution < -0.4 is 0 Å². The Morgan fingerprint density at radius 3 is 2.79 bits per heavy atom. The van der Waals surface area contributed by atoms with Crippen molar-refractivity contribution in [1.82, 2.24) is 19.7 Å². The molecule has 0 aliphatic carbocycles. The van der Waals surface area contributed by atoms with E-state index in [1.165, 1.54) is 0 Å². The number of hydrogen-bond donors (Lipinski definition) is 0. The van der Waals surface area contributed by atoms with Crippen LogP contribution in [0.4, 0.5) is 0 Å². The molecule has 0 aliphatic rings. The van der Waals surface area contributed by atoms with Crippen molar-refractivity contribution >= 4 is 11.0 Å². The Morgan fingerprint density at radius 1 is 1.36 bits per heavy atom. The van der Waals surface area contributed by atoms with E-state index in [4.69, 9.17) is 0 Å². The lowest BCUT2D eigenvalue weighted by molar-refractivity contribution is 0.676. The molecule has 0 fully saturated rings. The van der Waals surface area contributed by atoms with Gasteiger partial charge in [0.25, 0.3) is 0 Å². The first-order chi connectivity index (χ1) is 6.74. The monoisotopic (exact) mass is 190 g/mol. The van der Waals surface area contributed by atoms with Gasteiger partial charge in [-0.25, -0.2) is 14.6 Å². The Hall–Kier alpha value is -1.45. The second-order valence-electron chi connectivity index (χ2n) is 3.61. The minimum absolute atomic E-state index is 0.412. The van der Waals surface area contributed by atoms with E-state index in [0.29, 0.717) is 5.92 Å². The minimum Gasteiger partial charge on any atom is -0.248 e. The lowest BCUT2D eigenvalue weighted by atomic mass is 10.1. The van der Waals surface area contributed by atoms with Gasteiger partial charge in [0.05, 0.1) is 17.3 Å². The third-order valence-electron chi connectivity index (χ3n) is 2.31. The van der Waals surface area contributed by atoms with Crippen molar-refractivity contribution in [2.75, 3.05) is 0 Å². The van der Waals surface area contributed by atoms with Crippen LogP contribution in [0.2, 0.25) is 0 Å². The largest absolute Gasteiger partial charge is 0.248 e. The van der Waals surface area contributed by atoms with Crippen molar-refractivity contribution < 1.29 is 0 Å². The maximum atomic E-state index is 4.29. The number of aromatic nitrogens is 4. The molecule has 2 aromatic rings. The molecule has 0 spiro atoms. The molecule has 0 aromatic carbocycles. The first-order valence-electron chi connectivity index (χ1n) is 4.90. The van der Waals surface area contributed by atoms with Crippen LogP contribution >= 0.6 is 0 Å². The van der Waals surface area contributed by atoms with Crippen LogP contribution in [0.25, 0.3) is 11.0 Å². The molecule has 2 aromatic heterocycles. The van der Waals surface area contributed by atoms with E-state index in [9.17, 15) is 0 Å². The standard InChI is InChI=1S/C10H14N4/c1-4-14-10-8(5-13-14)9(7(2)3)11-6-12-10/h5-7H,4H2,1-3H3. The van der Waals surface area contributed by atoms with E-state index in [1.807, 2.05) is 10.9 Å². The van der Waals surface area contributed by atoms with Crippen LogP contribution in [-0.4, -0.2) is 19.7 Å². The molecule has 4 heteroatoms. The number of aryl methyl sites for hydroxylation is 1. The average Bonchev–Trinajstić information content (AvgIpc) is 2.59. The van der Waals surface area contributed by atoms with E-state index >= 15 is 0 Å². The maximum Gasteiger partial charge on any atom is 0.161 e. The third-order valence-corrected chi connectivity index (χ3v) is 2.31. The van der Waals surface area contributed by atoms with E-state index < -0.39 is 0 Å². The fourth-order valence-corrected chi connectivity index (χ4v) is 1.60. The van der Waals surface area contributed by atoms with E-state index in [2.05, 4.69) is 35.8 Å². The van der Waals surface area contributed by atoms with Crippen molar-refractivity contribution in [3.63, 3.8) is 0 Å². The third kappa shape index (κ3) is 1.27. The lowest BCUT2D eigenvalue weighted by Crippen LogP contribution is -1.99. The highest BCUT2D eigenvalue weighted by atomic mass is 15.3. The van der Waals surface area contributed by atoms with Crippen molar-refractivity contribution in [2.24, 2.45) is 0 Å². The second-order valence-corrected chi connectivity index (χ2v) is 3.61. The second kappa shape index (κ2) is 3.36. The summed E-state index contributed by atoms with van der Waals surface area (Å²) in [6.45, 7) is 7.16. The van der Waals surface area contributed by atoms with Gasteiger partial charge in [-0.15, -0.1) is 0 Å². The zero-order chi connectivity index (χ0) is 10.1. The number of hydrogen-bond acceptors (Lipinski definition) is 3. The number of rotatable bonds is 2. The smallest absolute Gasteiger partial charge is 0.161 e. The van der Waals surface area contributed by atoms with Crippen molar-refractivity contribution in [2.45, 2.75) is 33.2 Å². The molecule has 0 saturated heterocycles. The summed E-state index contributed by atoms with van der Waals surface area (Å²) in [4.78, 5) is 8.53. The summed E-state index contributed by atoms with van der Waals surface area (Å²) in [5.74, 6) is 0.412. The lowest BCUT2D eigenvalue weighted by Gasteiger charge is -2.04. The molecule has 0 N–H and O–H groups in total. The molecule has 0 aliphatic heterocycles. The van der Waals surface area contributed by atoms with E-state index in [-0.39, 0.29) is 0 Å². The zero-order valence-electron chi connectivity index (χ0n) is 8.73. The zero-order valence-corrected chi connectivity index (χ0v) is 8.73. The normalized spacial score (nSPS) is 11.4. The minimum atomic E-state index is 0.412. The Labute approximate surface area is 83.0 Å². The first kappa shape index (κ1) is 9.12. The van der Waals surface area contributed by atoms with Crippen LogP contribution in [-0.2, 0) is 6.54 Å². The predicted octanol–water partition coefficient (Wildman–Crippen LogP) is 1.97. The summed E-state index contributed by atoms with van der Waals surface area (Å²) in [6, 6.07) is 0. The average molecular weight is 190 g/mol. The molecule has 0 bridgehead atoms. The van der Waals surface area contributed by atoms with Crippen LogP contribution in [0, 0.1) is 0 Å². The summed E-state index contributed by atoms with van der Waals surface area (Å²) >= 11 is 0. The van der Waals surface area contributed by atoms with Gasteiger partial charge in [0.1, 0.15) is 6.33 Å². The van der Waals surface area contributed by atoms with Gasteiger partial charge < -0.3 is 0 Å². The van der Waals surface area contributed by atoms with Crippen molar-refractivity contribution in [3.05, 3.63) is 18.2 Å². The first-order valence-corrected chi connectivity index (χ1v) is 4.90. The molecule has 0 saturated carbocycles. The molecular weight excluding hydrogens is 176 g/mol. The topological polar surface area (TPSA) is 43.6 Å². The van der Waals surface area contributed by atoms with Gasteiger partial charge in [0.2, 0.25) is 0 Å². The molecule has 2 heterocycles. The van der Waals surface area contributed by atoms with Crippen molar-refractivity contribution in [3.8, 4) is 0 Å². The number of fused-ring (bicyclic) bond motifs is 1. The molecular formula is C10H14N4. The molecule has 14 heavy (non-hydrogen) atoms. The number of nitrogens with zero attached hydrogens (tertiary/aromatic N) is 4. The summed E-state index contributed by atoms with van der Waals surface area (Å²) in [5, 5.41) is 5.34. The van der Waals surface area contributed by atoms with Gasteiger partial charge in [0.15, 0.2) is 5.65 Å². The van der Waals surface area contributed by atoms with Gasteiger partial charge in [-0.1, -0.05) is 13.8 Å². The highest BCUT2D eigenvalue weighted by molar-refractivity contribution is 5.77.